The van der Waals surface area contributed by atoms with Crippen LogP contribution in [0.4, 0.5) is 5.69 Å². The Hall–Kier alpha value is -2.28. The average molecular weight is 275 g/mol. The summed E-state index contributed by atoms with van der Waals surface area (Å²) in [6, 6.07) is 23.8. The number of hydrogen-bond acceptors (Lipinski definition) is 1. The van der Waals surface area contributed by atoms with Crippen molar-refractivity contribution in [2.75, 3.05) is 5.32 Å². The molecular formula is C20H21N. The Balaban J connectivity index is 1.74. The maximum absolute atomic E-state index is 3.52. The predicted octanol–water partition coefficient (Wildman–Crippen LogP) is 5.40. The molecule has 0 saturated carbocycles. The summed E-state index contributed by atoms with van der Waals surface area (Å²) in [6.45, 7) is 3.07. The van der Waals surface area contributed by atoms with E-state index in [1.807, 2.05) is 0 Å². The lowest BCUT2D eigenvalue weighted by Gasteiger charge is -2.10. The second-order valence-corrected chi connectivity index (χ2v) is 5.44. The topological polar surface area (TPSA) is 12.0 Å². The van der Waals surface area contributed by atoms with Gasteiger partial charge in [0.15, 0.2) is 0 Å². The molecule has 0 spiro atoms. The third-order valence-electron chi connectivity index (χ3n) is 3.86. The number of nitrogens with one attached hydrogen (secondary N) is 1. The number of hydrogen-bond donors (Lipinski definition) is 1. The van der Waals surface area contributed by atoms with Crippen molar-refractivity contribution >= 4 is 16.5 Å². The molecule has 3 aromatic carbocycles. The first-order valence-electron chi connectivity index (χ1n) is 7.66. The molecule has 0 atom stereocenters. The minimum Gasteiger partial charge on any atom is -0.381 e. The van der Waals surface area contributed by atoms with Crippen LogP contribution < -0.4 is 5.32 Å². The minimum atomic E-state index is 0.856. The molecule has 0 saturated heterocycles. The van der Waals surface area contributed by atoms with E-state index in [4.69, 9.17) is 0 Å². The van der Waals surface area contributed by atoms with E-state index < -0.39 is 0 Å². The van der Waals surface area contributed by atoms with Crippen LogP contribution in [0.15, 0.2) is 66.7 Å². The van der Waals surface area contributed by atoms with Crippen LogP contribution in [0.1, 0.15) is 24.5 Å². The molecule has 1 heteroatoms. The zero-order valence-corrected chi connectivity index (χ0v) is 12.5. The van der Waals surface area contributed by atoms with Crippen LogP contribution in [0, 0.1) is 0 Å². The van der Waals surface area contributed by atoms with Crippen LogP contribution in [0.2, 0.25) is 0 Å². The molecule has 0 aliphatic heterocycles. The lowest BCUT2D eigenvalue weighted by atomic mass is 10.0. The molecule has 106 valence electrons. The summed E-state index contributed by atoms with van der Waals surface area (Å²) in [5, 5.41) is 6.15. The fourth-order valence-electron chi connectivity index (χ4n) is 2.72. The molecule has 0 aliphatic rings. The van der Waals surface area contributed by atoms with Gasteiger partial charge in [0.1, 0.15) is 0 Å². The highest BCUT2D eigenvalue weighted by molar-refractivity contribution is 5.85. The highest BCUT2D eigenvalue weighted by Gasteiger charge is 2.00. The minimum absolute atomic E-state index is 0.856. The first-order valence-corrected chi connectivity index (χ1v) is 7.66. The van der Waals surface area contributed by atoms with Crippen molar-refractivity contribution in [3.63, 3.8) is 0 Å². The third kappa shape index (κ3) is 3.25. The molecule has 3 rings (SSSR count). The summed E-state index contributed by atoms with van der Waals surface area (Å²) in [7, 11) is 0. The standard InChI is InChI=1S/C20H21N/c1-2-6-16-11-13-19(14-12-16)21-15-18-9-5-8-17-7-3-4-10-20(17)18/h3-5,7-14,21H,2,6,15H2,1H3. The predicted molar refractivity (Wildman–Crippen MR) is 91.7 cm³/mol. The van der Waals surface area contributed by atoms with E-state index in [1.165, 1.54) is 34.0 Å². The van der Waals surface area contributed by atoms with Gasteiger partial charge in [0, 0.05) is 12.2 Å². The molecule has 0 aromatic heterocycles. The van der Waals surface area contributed by atoms with Crippen molar-refractivity contribution in [3.8, 4) is 0 Å². The highest BCUT2D eigenvalue weighted by atomic mass is 14.9. The molecule has 0 fully saturated rings. The molecule has 3 aromatic rings. The Bertz CT molecular complexity index is 708. The molecule has 0 aliphatic carbocycles. The Morgan fingerprint density at radius 1 is 0.810 bits per heavy atom. The fraction of sp³-hybridized carbons (Fsp3) is 0.200. The summed E-state index contributed by atoms with van der Waals surface area (Å²) in [4.78, 5) is 0. The molecule has 1 nitrogen and oxygen atoms in total. The van der Waals surface area contributed by atoms with Crippen molar-refractivity contribution in [1.29, 1.82) is 0 Å². The van der Waals surface area contributed by atoms with Crippen molar-refractivity contribution < 1.29 is 0 Å². The number of fused-ring (bicyclic) bond motifs is 1. The molecule has 0 amide bonds. The normalized spacial score (nSPS) is 10.7. The maximum atomic E-state index is 3.52. The summed E-state index contributed by atoms with van der Waals surface area (Å²) >= 11 is 0. The molecule has 0 unspecified atom stereocenters. The van der Waals surface area contributed by atoms with Crippen molar-refractivity contribution in [2.24, 2.45) is 0 Å². The van der Waals surface area contributed by atoms with Gasteiger partial charge in [-0.2, -0.15) is 0 Å². The van der Waals surface area contributed by atoms with Gasteiger partial charge < -0.3 is 5.32 Å². The van der Waals surface area contributed by atoms with Crippen molar-refractivity contribution in [2.45, 2.75) is 26.3 Å². The van der Waals surface area contributed by atoms with E-state index in [1.54, 1.807) is 0 Å². The molecule has 0 radical (unpaired) electrons. The molecule has 21 heavy (non-hydrogen) atoms. The van der Waals surface area contributed by atoms with Crippen LogP contribution in [0.3, 0.4) is 0 Å². The quantitative estimate of drug-likeness (QED) is 0.657. The van der Waals surface area contributed by atoms with Gasteiger partial charge >= 0.3 is 0 Å². The first-order chi connectivity index (χ1) is 10.4. The fourth-order valence-corrected chi connectivity index (χ4v) is 2.72. The summed E-state index contributed by atoms with van der Waals surface area (Å²) < 4.78 is 0. The first kappa shape index (κ1) is 13.7. The van der Waals surface area contributed by atoms with Crippen LogP contribution in [0.25, 0.3) is 10.8 Å². The van der Waals surface area contributed by atoms with E-state index in [0.29, 0.717) is 0 Å². The maximum Gasteiger partial charge on any atom is 0.0406 e. The Kier molecular flexibility index (Phi) is 4.20. The van der Waals surface area contributed by atoms with Gasteiger partial charge in [0.05, 0.1) is 0 Å². The second kappa shape index (κ2) is 6.45. The van der Waals surface area contributed by atoms with E-state index in [2.05, 4.69) is 79.0 Å². The number of rotatable bonds is 5. The Morgan fingerprint density at radius 3 is 2.38 bits per heavy atom. The SMILES string of the molecule is CCCc1ccc(NCc2cccc3ccccc23)cc1. The molecule has 0 bridgehead atoms. The molecule has 1 N–H and O–H groups in total. The lowest BCUT2D eigenvalue weighted by Crippen LogP contribution is -2.00. The van der Waals surface area contributed by atoms with Gasteiger partial charge in [-0.15, -0.1) is 0 Å². The zero-order valence-electron chi connectivity index (χ0n) is 12.5. The van der Waals surface area contributed by atoms with E-state index >= 15 is 0 Å². The van der Waals surface area contributed by atoms with Gasteiger partial charge in [0.25, 0.3) is 0 Å². The Labute approximate surface area is 126 Å². The van der Waals surface area contributed by atoms with Gasteiger partial charge in [-0.25, -0.2) is 0 Å². The number of aryl methyl sites for hydroxylation is 1. The highest BCUT2D eigenvalue weighted by Crippen LogP contribution is 2.20. The Morgan fingerprint density at radius 2 is 1.57 bits per heavy atom. The monoisotopic (exact) mass is 275 g/mol. The summed E-state index contributed by atoms with van der Waals surface area (Å²) in [5.74, 6) is 0. The zero-order chi connectivity index (χ0) is 14.5. The van der Waals surface area contributed by atoms with Crippen molar-refractivity contribution in [3.05, 3.63) is 77.9 Å². The second-order valence-electron chi connectivity index (χ2n) is 5.44. The van der Waals surface area contributed by atoms with Crippen LogP contribution in [-0.2, 0) is 13.0 Å². The van der Waals surface area contributed by atoms with Gasteiger partial charge in [-0.1, -0.05) is 67.9 Å². The molecule has 0 heterocycles. The average Bonchev–Trinajstić information content (AvgIpc) is 2.54. The largest absolute Gasteiger partial charge is 0.381 e. The lowest BCUT2D eigenvalue weighted by molar-refractivity contribution is 0.922. The van der Waals surface area contributed by atoms with E-state index in [-0.39, 0.29) is 0 Å². The van der Waals surface area contributed by atoms with E-state index in [9.17, 15) is 0 Å². The van der Waals surface area contributed by atoms with Crippen LogP contribution >= 0.6 is 0 Å². The van der Waals surface area contributed by atoms with Gasteiger partial charge in [-0.3, -0.25) is 0 Å². The number of anilines is 1. The molecular weight excluding hydrogens is 254 g/mol. The smallest absolute Gasteiger partial charge is 0.0406 e. The van der Waals surface area contributed by atoms with Crippen LogP contribution in [0.5, 0.6) is 0 Å². The summed E-state index contributed by atoms with van der Waals surface area (Å²) in [5.41, 5.74) is 3.93. The summed E-state index contributed by atoms with van der Waals surface area (Å²) in [6.07, 6.45) is 2.35. The third-order valence-corrected chi connectivity index (χ3v) is 3.86. The van der Waals surface area contributed by atoms with Gasteiger partial charge in [0.2, 0.25) is 0 Å². The van der Waals surface area contributed by atoms with E-state index in [0.717, 1.165) is 13.0 Å². The number of benzene rings is 3. The van der Waals surface area contributed by atoms with Crippen LogP contribution in [-0.4, -0.2) is 0 Å². The van der Waals surface area contributed by atoms with Gasteiger partial charge in [-0.05, 0) is 40.5 Å². The van der Waals surface area contributed by atoms with Crippen molar-refractivity contribution in [1.82, 2.24) is 0 Å².